The van der Waals surface area contributed by atoms with Crippen molar-refractivity contribution in [3.05, 3.63) is 63.5 Å². The third-order valence-electron chi connectivity index (χ3n) is 3.38. The van der Waals surface area contributed by atoms with Crippen molar-refractivity contribution >= 4 is 11.3 Å². The van der Waals surface area contributed by atoms with Crippen LogP contribution in [0.4, 0.5) is 0 Å². The molecule has 6 heteroatoms. The summed E-state index contributed by atoms with van der Waals surface area (Å²) in [6.45, 7) is 2.73. The van der Waals surface area contributed by atoms with Gasteiger partial charge in [-0.05, 0) is 30.0 Å². The highest BCUT2D eigenvalue weighted by Crippen LogP contribution is 2.26. The van der Waals surface area contributed by atoms with Crippen molar-refractivity contribution in [2.75, 3.05) is 0 Å². The fourth-order valence-electron chi connectivity index (χ4n) is 2.19. The number of nitrogens with zero attached hydrogens (tertiary/aromatic N) is 1. The summed E-state index contributed by atoms with van der Waals surface area (Å²) in [4.78, 5) is 15.1. The first-order valence-electron chi connectivity index (χ1n) is 6.72. The molecular weight excluding hydrogens is 284 g/mol. The van der Waals surface area contributed by atoms with E-state index in [1.54, 1.807) is 23.6 Å². The minimum atomic E-state index is -0.0799. The average molecular weight is 300 g/mol. The molecule has 108 valence electrons. The molecule has 21 heavy (non-hydrogen) atoms. The van der Waals surface area contributed by atoms with Gasteiger partial charge in [0.15, 0.2) is 0 Å². The second kappa shape index (κ2) is 6.07. The SMILES string of the molecule is CC(NCc1cn[nH]c1-c1cccs1)c1cc[nH]c(=O)c1. The second-order valence-electron chi connectivity index (χ2n) is 4.84. The van der Waals surface area contributed by atoms with Crippen molar-refractivity contribution in [3.63, 3.8) is 0 Å². The van der Waals surface area contributed by atoms with Crippen LogP contribution in [0.1, 0.15) is 24.1 Å². The van der Waals surface area contributed by atoms with E-state index in [1.807, 2.05) is 30.6 Å². The quantitative estimate of drug-likeness (QED) is 0.678. The lowest BCUT2D eigenvalue weighted by atomic mass is 10.1. The lowest BCUT2D eigenvalue weighted by Gasteiger charge is -2.13. The van der Waals surface area contributed by atoms with Gasteiger partial charge in [0.25, 0.3) is 0 Å². The molecule has 0 spiro atoms. The van der Waals surface area contributed by atoms with Gasteiger partial charge in [0.2, 0.25) is 5.56 Å². The Bertz CT molecular complexity index is 760. The third-order valence-corrected chi connectivity index (χ3v) is 4.27. The van der Waals surface area contributed by atoms with E-state index in [4.69, 9.17) is 0 Å². The van der Waals surface area contributed by atoms with Gasteiger partial charge in [0.1, 0.15) is 0 Å². The van der Waals surface area contributed by atoms with E-state index in [1.165, 1.54) is 4.88 Å². The Kier molecular flexibility index (Phi) is 3.98. The molecule has 0 amide bonds. The Morgan fingerprint density at radius 2 is 2.33 bits per heavy atom. The van der Waals surface area contributed by atoms with Crippen LogP contribution in [0.5, 0.6) is 0 Å². The van der Waals surface area contributed by atoms with E-state index in [0.717, 1.165) is 16.8 Å². The van der Waals surface area contributed by atoms with Gasteiger partial charge >= 0.3 is 0 Å². The van der Waals surface area contributed by atoms with Crippen LogP contribution in [-0.4, -0.2) is 15.2 Å². The number of H-pyrrole nitrogens is 2. The molecule has 0 aliphatic rings. The van der Waals surface area contributed by atoms with Gasteiger partial charge in [0.05, 0.1) is 16.8 Å². The summed E-state index contributed by atoms with van der Waals surface area (Å²) in [7, 11) is 0. The van der Waals surface area contributed by atoms with Gasteiger partial charge in [-0.1, -0.05) is 6.07 Å². The molecule has 1 unspecified atom stereocenters. The van der Waals surface area contributed by atoms with Crippen molar-refractivity contribution in [1.82, 2.24) is 20.5 Å². The van der Waals surface area contributed by atoms with Crippen LogP contribution in [0, 0.1) is 0 Å². The van der Waals surface area contributed by atoms with E-state index in [-0.39, 0.29) is 11.6 Å². The van der Waals surface area contributed by atoms with Crippen LogP contribution in [-0.2, 0) is 6.54 Å². The van der Waals surface area contributed by atoms with Crippen LogP contribution in [0.2, 0.25) is 0 Å². The highest BCUT2D eigenvalue weighted by molar-refractivity contribution is 7.13. The molecule has 3 heterocycles. The maximum Gasteiger partial charge on any atom is 0.248 e. The second-order valence-corrected chi connectivity index (χ2v) is 5.78. The minimum absolute atomic E-state index is 0.0799. The largest absolute Gasteiger partial charge is 0.329 e. The summed E-state index contributed by atoms with van der Waals surface area (Å²) in [5.41, 5.74) is 3.06. The van der Waals surface area contributed by atoms with E-state index in [2.05, 4.69) is 26.6 Å². The molecule has 0 saturated carbocycles. The van der Waals surface area contributed by atoms with Crippen LogP contribution in [0.3, 0.4) is 0 Å². The Labute approximate surface area is 126 Å². The number of nitrogens with one attached hydrogen (secondary N) is 3. The molecule has 0 aliphatic carbocycles. The van der Waals surface area contributed by atoms with Gasteiger partial charge < -0.3 is 10.3 Å². The molecule has 3 rings (SSSR count). The van der Waals surface area contributed by atoms with Crippen molar-refractivity contribution in [3.8, 4) is 10.6 Å². The highest BCUT2D eigenvalue weighted by Gasteiger charge is 2.11. The number of aromatic nitrogens is 3. The normalized spacial score (nSPS) is 12.4. The van der Waals surface area contributed by atoms with Crippen LogP contribution in [0.25, 0.3) is 10.6 Å². The first-order chi connectivity index (χ1) is 10.2. The maximum absolute atomic E-state index is 11.3. The predicted octanol–water partition coefficient (Wildman–Crippen LogP) is 2.68. The molecule has 0 saturated heterocycles. The van der Waals surface area contributed by atoms with Crippen LogP contribution in [0.15, 0.2) is 46.8 Å². The van der Waals surface area contributed by atoms with Gasteiger partial charge in [-0.25, -0.2) is 0 Å². The number of thiophene rings is 1. The standard InChI is InChI=1S/C15H16N4OS/c1-10(11-4-5-16-14(20)7-11)17-8-12-9-18-19-15(12)13-3-2-6-21-13/h2-7,9-10,17H,8H2,1H3,(H,16,20)(H,18,19). The summed E-state index contributed by atoms with van der Waals surface area (Å²) in [6, 6.07) is 7.72. The minimum Gasteiger partial charge on any atom is -0.329 e. The zero-order valence-corrected chi connectivity index (χ0v) is 12.4. The Hall–Kier alpha value is -2.18. The van der Waals surface area contributed by atoms with Gasteiger partial charge in [0, 0.05) is 30.4 Å². The Balaban J connectivity index is 1.71. The molecule has 5 nitrogen and oxygen atoms in total. The molecule has 1 atom stereocenters. The fraction of sp³-hybridized carbons (Fsp3) is 0.200. The Morgan fingerprint density at radius 1 is 1.43 bits per heavy atom. The number of hydrogen-bond donors (Lipinski definition) is 3. The molecule has 0 fully saturated rings. The van der Waals surface area contributed by atoms with Crippen LogP contribution < -0.4 is 10.9 Å². The molecule has 3 aromatic heterocycles. The zero-order chi connectivity index (χ0) is 14.7. The lowest BCUT2D eigenvalue weighted by Crippen LogP contribution is -2.19. The molecular formula is C15H16N4OS. The lowest BCUT2D eigenvalue weighted by molar-refractivity contribution is 0.574. The topological polar surface area (TPSA) is 73.6 Å². The number of rotatable bonds is 5. The smallest absolute Gasteiger partial charge is 0.248 e. The summed E-state index contributed by atoms with van der Waals surface area (Å²) in [5, 5.41) is 12.6. The average Bonchev–Trinajstić information content (AvgIpc) is 3.15. The van der Waals surface area contributed by atoms with Gasteiger partial charge in [-0.15, -0.1) is 11.3 Å². The Morgan fingerprint density at radius 3 is 3.10 bits per heavy atom. The molecule has 0 radical (unpaired) electrons. The summed E-state index contributed by atoms with van der Waals surface area (Å²) in [6.07, 6.45) is 3.51. The fourth-order valence-corrected chi connectivity index (χ4v) is 2.95. The monoisotopic (exact) mass is 300 g/mol. The summed E-state index contributed by atoms with van der Waals surface area (Å²) in [5.74, 6) is 0. The van der Waals surface area contributed by atoms with Gasteiger partial charge in [-0.2, -0.15) is 5.10 Å². The van der Waals surface area contributed by atoms with E-state index >= 15 is 0 Å². The molecule has 0 aliphatic heterocycles. The van der Waals surface area contributed by atoms with Crippen molar-refractivity contribution in [2.24, 2.45) is 0 Å². The van der Waals surface area contributed by atoms with E-state index in [0.29, 0.717) is 6.54 Å². The predicted molar refractivity (Wildman–Crippen MR) is 84.2 cm³/mol. The summed E-state index contributed by atoms with van der Waals surface area (Å²) < 4.78 is 0. The van der Waals surface area contributed by atoms with Crippen molar-refractivity contribution in [2.45, 2.75) is 19.5 Å². The van der Waals surface area contributed by atoms with Crippen molar-refractivity contribution < 1.29 is 0 Å². The summed E-state index contributed by atoms with van der Waals surface area (Å²) >= 11 is 1.68. The molecule has 3 aromatic rings. The maximum atomic E-state index is 11.3. The number of pyridine rings is 1. The number of hydrogen-bond acceptors (Lipinski definition) is 4. The van der Waals surface area contributed by atoms with E-state index < -0.39 is 0 Å². The first-order valence-corrected chi connectivity index (χ1v) is 7.60. The first kappa shape index (κ1) is 13.8. The molecule has 0 bridgehead atoms. The number of aromatic amines is 2. The zero-order valence-electron chi connectivity index (χ0n) is 11.6. The highest BCUT2D eigenvalue weighted by atomic mass is 32.1. The molecule has 3 N–H and O–H groups in total. The van der Waals surface area contributed by atoms with Crippen LogP contribution >= 0.6 is 11.3 Å². The third kappa shape index (κ3) is 3.12. The van der Waals surface area contributed by atoms with E-state index in [9.17, 15) is 4.79 Å². The van der Waals surface area contributed by atoms with Gasteiger partial charge in [-0.3, -0.25) is 9.89 Å². The van der Waals surface area contributed by atoms with Crippen molar-refractivity contribution in [1.29, 1.82) is 0 Å². The molecule has 0 aromatic carbocycles.